The quantitative estimate of drug-likeness (QED) is 0.657. The molecule has 2 heterocycles. The summed E-state index contributed by atoms with van der Waals surface area (Å²) in [5, 5.41) is 0. The summed E-state index contributed by atoms with van der Waals surface area (Å²) < 4.78 is 2.67. The van der Waals surface area contributed by atoms with Crippen molar-refractivity contribution < 1.29 is 0 Å². The molecule has 0 N–H and O–H groups in total. The molecule has 0 amide bonds. The zero-order valence-electron chi connectivity index (χ0n) is 10.1. The molecule has 0 aliphatic heterocycles. The number of benzene rings is 1. The first-order valence-electron chi connectivity index (χ1n) is 5.94. The van der Waals surface area contributed by atoms with Crippen LogP contribution in [0.3, 0.4) is 0 Å². The Morgan fingerprint density at radius 2 is 1.95 bits per heavy atom. The Morgan fingerprint density at radius 3 is 2.74 bits per heavy atom. The molecule has 3 aromatic rings. The minimum Gasteiger partial charge on any atom is -0.269 e. The van der Waals surface area contributed by atoms with Crippen molar-refractivity contribution in [2.75, 3.05) is 0 Å². The van der Waals surface area contributed by atoms with E-state index >= 15 is 0 Å². The van der Waals surface area contributed by atoms with Gasteiger partial charge in [-0.3, -0.25) is 9.20 Å². The van der Waals surface area contributed by atoms with Gasteiger partial charge in [0.25, 0.3) is 5.56 Å². The van der Waals surface area contributed by atoms with Gasteiger partial charge in [-0.05, 0) is 40.3 Å². The molecule has 0 atom stereocenters. The third-order valence-electron chi connectivity index (χ3n) is 2.98. The third kappa shape index (κ3) is 2.53. The van der Waals surface area contributed by atoms with Crippen molar-refractivity contribution in [2.24, 2.45) is 0 Å². The average molecular weight is 362 g/mol. The Kier molecular flexibility index (Phi) is 3.33. The SMILES string of the molecule is O=c1c(Cc2ccccc2)cnc2cc(I)ccn12. The van der Waals surface area contributed by atoms with Crippen molar-refractivity contribution in [3.63, 3.8) is 0 Å². The summed E-state index contributed by atoms with van der Waals surface area (Å²) in [5.74, 6) is 0. The molecule has 94 valence electrons. The Labute approximate surface area is 124 Å². The normalized spacial score (nSPS) is 10.8. The highest BCUT2D eigenvalue weighted by molar-refractivity contribution is 14.1. The van der Waals surface area contributed by atoms with Crippen LogP contribution in [-0.4, -0.2) is 9.38 Å². The summed E-state index contributed by atoms with van der Waals surface area (Å²) in [6.07, 6.45) is 4.07. The van der Waals surface area contributed by atoms with Crippen LogP contribution in [0, 0.1) is 3.57 Å². The van der Waals surface area contributed by atoms with E-state index in [-0.39, 0.29) is 5.56 Å². The second-order valence-corrected chi connectivity index (χ2v) is 5.57. The predicted octanol–water partition coefficient (Wildman–Crippen LogP) is 2.89. The summed E-state index contributed by atoms with van der Waals surface area (Å²) in [7, 11) is 0. The van der Waals surface area contributed by atoms with Crippen LogP contribution in [-0.2, 0) is 6.42 Å². The first-order valence-corrected chi connectivity index (χ1v) is 7.01. The lowest BCUT2D eigenvalue weighted by atomic mass is 10.1. The molecule has 0 bridgehead atoms. The molecule has 0 saturated carbocycles. The largest absolute Gasteiger partial charge is 0.269 e. The van der Waals surface area contributed by atoms with Crippen molar-refractivity contribution in [3.05, 3.63) is 79.9 Å². The number of nitrogens with zero attached hydrogens (tertiary/aromatic N) is 2. The predicted molar refractivity (Wildman–Crippen MR) is 83.4 cm³/mol. The van der Waals surface area contributed by atoms with Crippen molar-refractivity contribution in [1.29, 1.82) is 0 Å². The van der Waals surface area contributed by atoms with E-state index in [9.17, 15) is 4.79 Å². The molecule has 1 aromatic carbocycles. The molecule has 3 rings (SSSR count). The van der Waals surface area contributed by atoms with E-state index in [0.717, 1.165) is 9.13 Å². The molecule has 2 aromatic heterocycles. The molecule has 0 spiro atoms. The van der Waals surface area contributed by atoms with E-state index < -0.39 is 0 Å². The molecule has 0 radical (unpaired) electrons. The second-order valence-electron chi connectivity index (χ2n) is 4.32. The summed E-state index contributed by atoms with van der Waals surface area (Å²) >= 11 is 2.21. The Hall–Kier alpha value is -1.69. The Balaban J connectivity index is 2.08. The second kappa shape index (κ2) is 5.13. The van der Waals surface area contributed by atoms with E-state index in [1.165, 1.54) is 0 Å². The van der Waals surface area contributed by atoms with Gasteiger partial charge >= 0.3 is 0 Å². The van der Waals surface area contributed by atoms with E-state index in [1.807, 2.05) is 42.5 Å². The monoisotopic (exact) mass is 362 g/mol. The van der Waals surface area contributed by atoms with Crippen molar-refractivity contribution in [3.8, 4) is 0 Å². The molecular weight excluding hydrogens is 351 g/mol. The average Bonchev–Trinajstić information content (AvgIpc) is 2.43. The number of hydrogen-bond acceptors (Lipinski definition) is 2. The van der Waals surface area contributed by atoms with Crippen LogP contribution in [0.1, 0.15) is 11.1 Å². The van der Waals surface area contributed by atoms with Crippen LogP contribution in [0.2, 0.25) is 0 Å². The lowest BCUT2D eigenvalue weighted by molar-refractivity contribution is 0.980. The maximum Gasteiger partial charge on any atom is 0.261 e. The van der Waals surface area contributed by atoms with Crippen LogP contribution in [0.25, 0.3) is 5.65 Å². The fraction of sp³-hybridized carbons (Fsp3) is 0.0667. The van der Waals surface area contributed by atoms with Gasteiger partial charge in [-0.2, -0.15) is 0 Å². The zero-order chi connectivity index (χ0) is 13.2. The van der Waals surface area contributed by atoms with Gasteiger partial charge in [-0.1, -0.05) is 30.3 Å². The van der Waals surface area contributed by atoms with Gasteiger partial charge < -0.3 is 0 Å². The van der Waals surface area contributed by atoms with E-state index in [4.69, 9.17) is 0 Å². The highest BCUT2D eigenvalue weighted by Gasteiger charge is 2.05. The van der Waals surface area contributed by atoms with Crippen LogP contribution >= 0.6 is 22.6 Å². The molecule has 0 unspecified atom stereocenters. The maximum absolute atomic E-state index is 12.4. The fourth-order valence-electron chi connectivity index (χ4n) is 2.03. The summed E-state index contributed by atoms with van der Waals surface area (Å²) in [6, 6.07) is 13.8. The molecule has 0 aliphatic rings. The lowest BCUT2D eigenvalue weighted by Crippen LogP contribution is -2.19. The van der Waals surface area contributed by atoms with Crippen LogP contribution in [0.5, 0.6) is 0 Å². The number of aromatic nitrogens is 2. The number of hydrogen-bond donors (Lipinski definition) is 0. The Bertz CT molecular complexity index is 781. The fourth-order valence-corrected chi connectivity index (χ4v) is 2.46. The van der Waals surface area contributed by atoms with E-state index in [0.29, 0.717) is 17.6 Å². The topological polar surface area (TPSA) is 34.4 Å². The molecule has 0 aliphatic carbocycles. The summed E-state index contributed by atoms with van der Waals surface area (Å²) in [6.45, 7) is 0. The first-order chi connectivity index (χ1) is 9.24. The van der Waals surface area contributed by atoms with Gasteiger partial charge in [-0.25, -0.2) is 4.98 Å². The van der Waals surface area contributed by atoms with E-state index in [1.54, 1.807) is 16.8 Å². The third-order valence-corrected chi connectivity index (χ3v) is 3.65. The Morgan fingerprint density at radius 1 is 1.16 bits per heavy atom. The van der Waals surface area contributed by atoms with Crippen molar-refractivity contribution in [2.45, 2.75) is 6.42 Å². The van der Waals surface area contributed by atoms with Gasteiger partial charge in [0.2, 0.25) is 0 Å². The number of halogens is 1. The standard InChI is InChI=1S/C15H11IN2O/c16-13-6-7-18-14(9-13)17-10-12(15(18)19)8-11-4-2-1-3-5-11/h1-7,9-10H,8H2. The molecule has 19 heavy (non-hydrogen) atoms. The first kappa shape index (κ1) is 12.3. The molecular formula is C15H11IN2O. The molecule has 0 fully saturated rings. The number of rotatable bonds is 2. The van der Waals surface area contributed by atoms with E-state index in [2.05, 4.69) is 27.6 Å². The highest BCUT2D eigenvalue weighted by Crippen LogP contribution is 2.08. The minimum atomic E-state index is 0.00486. The van der Waals surface area contributed by atoms with Gasteiger partial charge in [0.1, 0.15) is 5.65 Å². The van der Waals surface area contributed by atoms with Gasteiger partial charge in [-0.15, -0.1) is 0 Å². The minimum absolute atomic E-state index is 0.00486. The van der Waals surface area contributed by atoms with Crippen LogP contribution in [0.15, 0.2) is 59.7 Å². The summed E-state index contributed by atoms with van der Waals surface area (Å²) in [5.41, 5.74) is 2.52. The smallest absolute Gasteiger partial charge is 0.261 e. The maximum atomic E-state index is 12.4. The van der Waals surface area contributed by atoms with Gasteiger partial charge in [0.15, 0.2) is 0 Å². The zero-order valence-corrected chi connectivity index (χ0v) is 12.2. The highest BCUT2D eigenvalue weighted by atomic mass is 127. The van der Waals surface area contributed by atoms with Crippen LogP contribution in [0.4, 0.5) is 0 Å². The summed E-state index contributed by atoms with van der Waals surface area (Å²) in [4.78, 5) is 16.7. The van der Waals surface area contributed by atoms with Crippen LogP contribution < -0.4 is 5.56 Å². The number of fused-ring (bicyclic) bond motifs is 1. The molecule has 3 nitrogen and oxygen atoms in total. The van der Waals surface area contributed by atoms with Gasteiger partial charge in [0, 0.05) is 27.9 Å². The van der Waals surface area contributed by atoms with Gasteiger partial charge in [0.05, 0.1) is 0 Å². The molecule has 0 saturated heterocycles. The number of pyridine rings is 1. The lowest BCUT2D eigenvalue weighted by Gasteiger charge is -2.04. The van der Waals surface area contributed by atoms with Crippen molar-refractivity contribution >= 4 is 28.2 Å². The van der Waals surface area contributed by atoms with Crippen molar-refractivity contribution in [1.82, 2.24) is 9.38 Å². The molecule has 4 heteroatoms.